The van der Waals surface area contributed by atoms with Crippen molar-refractivity contribution >= 4 is 6.16 Å². The second-order valence-electron chi connectivity index (χ2n) is 7.30. The third kappa shape index (κ3) is 4.14. The van der Waals surface area contributed by atoms with Gasteiger partial charge in [-0.2, -0.15) is 0 Å². The molecule has 3 heterocycles. The number of ether oxygens (including phenoxy) is 2. The number of nitrogens with zero attached hydrogens (tertiary/aromatic N) is 1. The normalized spacial score (nSPS) is 24.6. The van der Waals surface area contributed by atoms with Gasteiger partial charge >= 0.3 is 6.16 Å². The molecule has 0 N–H and O–H groups in total. The fraction of sp³-hybridized carbons (Fsp3) is 0.381. The standard InChI is InChI=1S/C21H20F3NO3/c22-16-3-1-2-14(8-16)20(15-9-17(23)11-18(24)10-15)28-21(26)27-19-12-25-6-4-13(19)5-7-25/h1-3,8-11,13,19-20H,4-7,12H2/t19-,20?/m0/s1. The Morgan fingerprint density at radius 1 is 0.964 bits per heavy atom. The third-order valence-corrected chi connectivity index (χ3v) is 5.40. The summed E-state index contributed by atoms with van der Waals surface area (Å²) in [4.78, 5) is 14.7. The first kappa shape index (κ1) is 18.8. The summed E-state index contributed by atoms with van der Waals surface area (Å²) in [5.74, 6) is -1.89. The van der Waals surface area contributed by atoms with Crippen LogP contribution in [0.1, 0.15) is 30.1 Å². The average molecular weight is 391 g/mol. The van der Waals surface area contributed by atoms with Crippen molar-refractivity contribution in [2.45, 2.75) is 25.0 Å². The summed E-state index contributed by atoms with van der Waals surface area (Å²) in [7, 11) is 0. The minimum atomic E-state index is -1.19. The van der Waals surface area contributed by atoms with Gasteiger partial charge in [0.05, 0.1) is 0 Å². The van der Waals surface area contributed by atoms with Crippen LogP contribution in [0.3, 0.4) is 0 Å². The highest BCUT2D eigenvalue weighted by Gasteiger charge is 2.37. The molecule has 3 saturated heterocycles. The number of hydrogen-bond donors (Lipinski definition) is 0. The van der Waals surface area contributed by atoms with Gasteiger partial charge in [-0.3, -0.25) is 4.90 Å². The van der Waals surface area contributed by atoms with Crippen LogP contribution < -0.4 is 0 Å². The Morgan fingerprint density at radius 3 is 2.25 bits per heavy atom. The van der Waals surface area contributed by atoms with Crippen molar-refractivity contribution in [1.82, 2.24) is 4.90 Å². The molecule has 0 aromatic heterocycles. The number of hydrogen-bond acceptors (Lipinski definition) is 4. The molecule has 0 aliphatic carbocycles. The summed E-state index contributed by atoms with van der Waals surface area (Å²) < 4.78 is 52.0. The lowest BCUT2D eigenvalue weighted by atomic mass is 9.86. The lowest BCUT2D eigenvalue weighted by Gasteiger charge is -2.43. The van der Waals surface area contributed by atoms with Crippen LogP contribution in [0.4, 0.5) is 18.0 Å². The van der Waals surface area contributed by atoms with Gasteiger partial charge in [0.15, 0.2) is 6.10 Å². The second kappa shape index (κ2) is 7.83. The highest BCUT2D eigenvalue weighted by Crippen LogP contribution is 2.32. The fourth-order valence-electron chi connectivity index (χ4n) is 4.02. The maximum atomic E-state index is 13.7. The number of carbonyl (C=O) groups is 1. The molecule has 3 aliphatic rings. The van der Waals surface area contributed by atoms with Gasteiger partial charge in [0, 0.05) is 23.7 Å². The molecule has 0 saturated carbocycles. The zero-order valence-corrected chi connectivity index (χ0v) is 15.1. The van der Waals surface area contributed by atoms with Crippen molar-refractivity contribution in [1.29, 1.82) is 0 Å². The molecular formula is C21H20F3NO3. The van der Waals surface area contributed by atoms with Crippen molar-refractivity contribution in [2.24, 2.45) is 5.92 Å². The molecule has 3 fully saturated rings. The van der Waals surface area contributed by atoms with E-state index >= 15 is 0 Å². The summed E-state index contributed by atoms with van der Waals surface area (Å²) in [5.41, 5.74) is 0.324. The first-order chi connectivity index (χ1) is 13.5. The van der Waals surface area contributed by atoms with Crippen LogP contribution in [-0.4, -0.2) is 36.8 Å². The minimum absolute atomic E-state index is 0.0639. The summed E-state index contributed by atoms with van der Waals surface area (Å²) >= 11 is 0. The molecule has 2 aromatic rings. The number of piperidine rings is 3. The second-order valence-corrected chi connectivity index (χ2v) is 7.30. The van der Waals surface area contributed by atoms with E-state index in [1.807, 2.05) is 0 Å². The lowest BCUT2D eigenvalue weighted by Crippen LogP contribution is -2.52. The van der Waals surface area contributed by atoms with Crippen molar-refractivity contribution in [2.75, 3.05) is 19.6 Å². The lowest BCUT2D eigenvalue weighted by molar-refractivity contribution is -0.0642. The molecule has 0 radical (unpaired) electrons. The largest absolute Gasteiger partial charge is 0.509 e. The Bertz CT molecular complexity index is 847. The number of halogens is 3. The average Bonchev–Trinajstić information content (AvgIpc) is 2.66. The summed E-state index contributed by atoms with van der Waals surface area (Å²) in [6.45, 7) is 2.64. The van der Waals surface area contributed by atoms with Gasteiger partial charge in [0.2, 0.25) is 0 Å². The molecule has 3 aliphatic heterocycles. The predicted octanol–water partition coefficient (Wildman–Crippen LogP) is 4.44. The first-order valence-corrected chi connectivity index (χ1v) is 9.29. The molecule has 0 amide bonds. The van der Waals surface area contributed by atoms with Gasteiger partial charge in [0.1, 0.15) is 23.6 Å². The highest BCUT2D eigenvalue weighted by atomic mass is 19.1. The maximum Gasteiger partial charge on any atom is 0.509 e. The summed E-state index contributed by atoms with van der Waals surface area (Å²) in [5, 5.41) is 0. The molecule has 2 atom stereocenters. The predicted molar refractivity (Wildman–Crippen MR) is 95.1 cm³/mol. The molecule has 7 heteroatoms. The van der Waals surface area contributed by atoms with Gasteiger partial charge in [0.25, 0.3) is 0 Å². The van der Waals surface area contributed by atoms with E-state index in [1.165, 1.54) is 18.2 Å². The highest BCUT2D eigenvalue weighted by molar-refractivity contribution is 5.61. The van der Waals surface area contributed by atoms with Crippen molar-refractivity contribution in [3.05, 3.63) is 71.0 Å². The van der Waals surface area contributed by atoms with E-state index in [0.29, 0.717) is 6.54 Å². The van der Waals surface area contributed by atoms with E-state index < -0.39 is 29.7 Å². The molecule has 28 heavy (non-hydrogen) atoms. The van der Waals surface area contributed by atoms with Gasteiger partial charge in [-0.05, 0) is 56.1 Å². The van der Waals surface area contributed by atoms with E-state index in [9.17, 15) is 18.0 Å². The number of fused-ring (bicyclic) bond motifs is 3. The quantitative estimate of drug-likeness (QED) is 0.723. The summed E-state index contributed by atoms with van der Waals surface area (Å²) in [6, 6.07) is 8.19. The number of benzene rings is 2. The van der Waals surface area contributed by atoms with Crippen LogP contribution in [-0.2, 0) is 9.47 Å². The molecule has 148 valence electrons. The topological polar surface area (TPSA) is 38.8 Å². The van der Waals surface area contributed by atoms with E-state index in [2.05, 4.69) is 4.90 Å². The number of carbonyl (C=O) groups excluding carboxylic acids is 1. The first-order valence-electron chi connectivity index (χ1n) is 9.29. The van der Waals surface area contributed by atoms with Crippen LogP contribution in [0.2, 0.25) is 0 Å². The Kier molecular flexibility index (Phi) is 5.26. The van der Waals surface area contributed by atoms with Crippen LogP contribution in [0.25, 0.3) is 0 Å². The molecule has 5 rings (SSSR count). The smallest absolute Gasteiger partial charge is 0.429 e. The zero-order chi connectivity index (χ0) is 19.7. The van der Waals surface area contributed by atoms with Crippen LogP contribution in [0.5, 0.6) is 0 Å². The zero-order valence-electron chi connectivity index (χ0n) is 15.1. The van der Waals surface area contributed by atoms with Crippen LogP contribution in [0, 0.1) is 23.4 Å². The SMILES string of the molecule is O=C(OC(c1cccc(F)c1)c1cc(F)cc(F)c1)O[C@H]1CN2CCC1CC2. The van der Waals surface area contributed by atoms with Gasteiger partial charge < -0.3 is 9.47 Å². The van der Waals surface area contributed by atoms with Crippen molar-refractivity contribution in [3.8, 4) is 0 Å². The van der Waals surface area contributed by atoms with Crippen molar-refractivity contribution in [3.63, 3.8) is 0 Å². The molecule has 2 aromatic carbocycles. The Morgan fingerprint density at radius 2 is 1.64 bits per heavy atom. The molecule has 1 unspecified atom stereocenters. The van der Waals surface area contributed by atoms with Crippen LogP contribution >= 0.6 is 0 Å². The molecule has 2 bridgehead atoms. The molecule has 4 nitrogen and oxygen atoms in total. The Hall–Kier alpha value is -2.54. The van der Waals surface area contributed by atoms with E-state index in [0.717, 1.165) is 50.2 Å². The molecule has 0 spiro atoms. The monoisotopic (exact) mass is 391 g/mol. The Labute approximate surface area is 160 Å². The van der Waals surface area contributed by atoms with Gasteiger partial charge in [-0.25, -0.2) is 18.0 Å². The maximum absolute atomic E-state index is 13.7. The number of rotatable bonds is 4. The van der Waals surface area contributed by atoms with Crippen LogP contribution in [0.15, 0.2) is 42.5 Å². The van der Waals surface area contributed by atoms with Crippen molar-refractivity contribution < 1.29 is 27.4 Å². The molecular weight excluding hydrogens is 371 g/mol. The minimum Gasteiger partial charge on any atom is -0.429 e. The fourth-order valence-corrected chi connectivity index (χ4v) is 4.02. The van der Waals surface area contributed by atoms with E-state index in [4.69, 9.17) is 9.47 Å². The third-order valence-electron chi connectivity index (χ3n) is 5.40. The van der Waals surface area contributed by atoms with Gasteiger partial charge in [-0.15, -0.1) is 0 Å². The summed E-state index contributed by atoms with van der Waals surface area (Å²) in [6.07, 6.45) is -0.472. The van der Waals surface area contributed by atoms with Gasteiger partial charge in [-0.1, -0.05) is 12.1 Å². The Balaban J connectivity index is 1.56. The van der Waals surface area contributed by atoms with E-state index in [1.54, 1.807) is 0 Å². The van der Waals surface area contributed by atoms with E-state index in [-0.39, 0.29) is 23.1 Å².